The number of nitrogens with one attached hydrogen (secondary N) is 1. The number of rotatable bonds is 5. The molecule has 0 unspecified atom stereocenters. The number of likely N-dealkylation sites (tertiary alicyclic amines) is 1. The van der Waals surface area contributed by atoms with E-state index in [4.69, 9.17) is 9.47 Å². The van der Waals surface area contributed by atoms with Gasteiger partial charge in [0.2, 0.25) is 0 Å². The molecule has 0 atom stereocenters. The number of nitrogens with zero attached hydrogens (tertiary/aromatic N) is 2. The summed E-state index contributed by atoms with van der Waals surface area (Å²) >= 11 is 0. The second-order valence-electron chi connectivity index (χ2n) is 5.92. The first kappa shape index (κ1) is 22.3. The van der Waals surface area contributed by atoms with Gasteiger partial charge in [-0.15, -0.1) is 24.0 Å². The zero-order valence-corrected chi connectivity index (χ0v) is 17.9. The molecule has 1 aliphatic heterocycles. The highest BCUT2D eigenvalue weighted by Crippen LogP contribution is 2.29. The van der Waals surface area contributed by atoms with Crippen molar-refractivity contribution in [2.75, 3.05) is 33.9 Å². The summed E-state index contributed by atoms with van der Waals surface area (Å²) in [4.78, 5) is 18.4. The van der Waals surface area contributed by atoms with Crippen molar-refractivity contribution in [1.29, 1.82) is 0 Å². The fraction of sp³-hybridized carbons (Fsp3) is 0.556. The van der Waals surface area contributed by atoms with Gasteiger partial charge < -0.3 is 24.8 Å². The lowest BCUT2D eigenvalue weighted by atomic mass is 9.97. The second kappa shape index (κ2) is 11.1. The van der Waals surface area contributed by atoms with E-state index >= 15 is 0 Å². The van der Waals surface area contributed by atoms with Crippen molar-refractivity contribution in [3.05, 3.63) is 23.8 Å². The number of para-hydroxylation sites is 1. The maximum atomic E-state index is 11.7. The lowest BCUT2D eigenvalue weighted by molar-refractivity contribution is -0.146. The molecule has 0 aromatic heterocycles. The van der Waals surface area contributed by atoms with E-state index in [0.717, 1.165) is 38.4 Å². The Morgan fingerprint density at radius 2 is 2.04 bits per heavy atom. The zero-order valence-electron chi connectivity index (χ0n) is 15.5. The van der Waals surface area contributed by atoms with Gasteiger partial charge in [0.15, 0.2) is 17.5 Å². The molecule has 2 rings (SSSR count). The fourth-order valence-electron chi connectivity index (χ4n) is 2.94. The number of esters is 1. The summed E-state index contributed by atoms with van der Waals surface area (Å²) in [6.07, 6.45) is 1.50. The normalized spacial score (nSPS) is 15.2. The maximum absolute atomic E-state index is 11.7. The second-order valence-corrected chi connectivity index (χ2v) is 5.92. The minimum absolute atomic E-state index is 0. The number of guanidine groups is 1. The molecule has 1 heterocycles. The molecule has 1 fully saturated rings. The van der Waals surface area contributed by atoms with E-state index in [-0.39, 0.29) is 41.6 Å². The first-order chi connectivity index (χ1) is 12.1. The summed E-state index contributed by atoms with van der Waals surface area (Å²) in [7, 11) is 2.96. The number of ether oxygens (including phenoxy) is 2. The lowest BCUT2D eigenvalue weighted by Crippen LogP contribution is -2.46. The van der Waals surface area contributed by atoms with Crippen LogP contribution < -0.4 is 10.1 Å². The molecule has 0 amide bonds. The van der Waals surface area contributed by atoms with Gasteiger partial charge in [-0.1, -0.05) is 12.1 Å². The molecular formula is C18H28IN3O4. The molecule has 1 aliphatic rings. The Bertz CT molecular complexity index is 616. The van der Waals surface area contributed by atoms with Crippen molar-refractivity contribution in [1.82, 2.24) is 10.2 Å². The molecule has 146 valence electrons. The van der Waals surface area contributed by atoms with Crippen LogP contribution in [0.3, 0.4) is 0 Å². The predicted octanol–water partition coefficient (Wildman–Crippen LogP) is 2.37. The molecule has 1 aromatic carbocycles. The van der Waals surface area contributed by atoms with Crippen LogP contribution in [0.4, 0.5) is 0 Å². The largest absolute Gasteiger partial charge is 0.504 e. The number of benzene rings is 1. The third kappa shape index (κ3) is 5.65. The van der Waals surface area contributed by atoms with Crippen LogP contribution in [0.15, 0.2) is 23.2 Å². The average molecular weight is 477 g/mol. The number of halogens is 1. The van der Waals surface area contributed by atoms with Crippen LogP contribution in [0.2, 0.25) is 0 Å². The number of phenols is 1. The average Bonchev–Trinajstić information content (AvgIpc) is 2.65. The van der Waals surface area contributed by atoms with Gasteiger partial charge in [0.1, 0.15) is 0 Å². The number of hydrogen-bond donors (Lipinski definition) is 2. The molecule has 0 spiro atoms. The number of phenolic OH excluding ortho intramolecular Hbond substituents is 1. The fourth-order valence-corrected chi connectivity index (χ4v) is 2.94. The van der Waals surface area contributed by atoms with Crippen molar-refractivity contribution >= 4 is 35.9 Å². The minimum atomic E-state index is -0.136. The molecule has 0 aliphatic carbocycles. The summed E-state index contributed by atoms with van der Waals surface area (Å²) < 4.78 is 9.96. The molecular weight excluding hydrogens is 449 g/mol. The zero-order chi connectivity index (χ0) is 18.2. The topological polar surface area (TPSA) is 83.4 Å². The summed E-state index contributed by atoms with van der Waals surface area (Å²) in [5, 5.41) is 13.5. The molecule has 0 bridgehead atoms. The van der Waals surface area contributed by atoms with Crippen LogP contribution in [0.25, 0.3) is 0 Å². The number of aliphatic imine (C=N–C) groups is 1. The monoisotopic (exact) mass is 477 g/mol. The van der Waals surface area contributed by atoms with E-state index in [9.17, 15) is 9.90 Å². The van der Waals surface area contributed by atoms with Gasteiger partial charge in [0, 0.05) is 25.2 Å². The predicted molar refractivity (Wildman–Crippen MR) is 111 cm³/mol. The van der Waals surface area contributed by atoms with E-state index in [2.05, 4.69) is 15.2 Å². The highest BCUT2D eigenvalue weighted by molar-refractivity contribution is 14.0. The Balaban J connectivity index is 0.00000338. The van der Waals surface area contributed by atoms with Crippen LogP contribution in [-0.2, 0) is 16.1 Å². The van der Waals surface area contributed by atoms with Gasteiger partial charge in [-0.25, -0.2) is 4.99 Å². The first-order valence-electron chi connectivity index (χ1n) is 8.56. The Morgan fingerprint density at radius 1 is 1.35 bits per heavy atom. The lowest BCUT2D eigenvalue weighted by Gasteiger charge is -2.33. The number of aromatic hydroxyl groups is 1. The summed E-state index contributed by atoms with van der Waals surface area (Å²) in [6.45, 7) is 4.60. The Labute approximate surface area is 171 Å². The van der Waals surface area contributed by atoms with Crippen molar-refractivity contribution in [3.8, 4) is 11.5 Å². The van der Waals surface area contributed by atoms with Crippen molar-refractivity contribution in [2.45, 2.75) is 26.3 Å². The van der Waals surface area contributed by atoms with Crippen molar-refractivity contribution < 1.29 is 19.4 Å². The van der Waals surface area contributed by atoms with Crippen LogP contribution in [0.5, 0.6) is 11.5 Å². The van der Waals surface area contributed by atoms with E-state index in [1.807, 2.05) is 19.1 Å². The summed E-state index contributed by atoms with van der Waals surface area (Å²) in [5.74, 6) is 1.17. The molecule has 8 heteroatoms. The minimum Gasteiger partial charge on any atom is -0.504 e. The summed E-state index contributed by atoms with van der Waals surface area (Å²) in [6, 6.07) is 5.37. The molecule has 1 saturated heterocycles. The van der Waals surface area contributed by atoms with Crippen LogP contribution in [-0.4, -0.2) is 55.8 Å². The number of hydrogen-bond acceptors (Lipinski definition) is 5. The molecule has 7 nitrogen and oxygen atoms in total. The maximum Gasteiger partial charge on any atom is 0.308 e. The van der Waals surface area contributed by atoms with Crippen molar-refractivity contribution in [3.63, 3.8) is 0 Å². The number of carbonyl (C=O) groups excluding carboxylic acids is 1. The highest BCUT2D eigenvalue weighted by Gasteiger charge is 2.27. The standard InChI is InChI=1S/C18H27N3O4.HI/c1-4-19-18(21-10-8-13(9-11-21)17(23)25-3)20-12-14-6-5-7-15(24-2)16(14)22;/h5-7,13,22H,4,8-12H2,1-3H3,(H,19,20);1H. The first-order valence-corrected chi connectivity index (χ1v) is 8.56. The number of carbonyl (C=O) groups is 1. The SMILES string of the molecule is CCNC(=NCc1cccc(OC)c1O)N1CCC(C(=O)OC)CC1.I. The van der Waals surface area contributed by atoms with Crippen LogP contribution in [0.1, 0.15) is 25.3 Å². The van der Waals surface area contributed by atoms with E-state index in [1.54, 1.807) is 6.07 Å². The van der Waals surface area contributed by atoms with E-state index in [1.165, 1.54) is 14.2 Å². The van der Waals surface area contributed by atoms with Gasteiger partial charge >= 0.3 is 5.97 Å². The van der Waals surface area contributed by atoms with Gasteiger partial charge in [-0.2, -0.15) is 0 Å². The molecule has 26 heavy (non-hydrogen) atoms. The number of methoxy groups -OCH3 is 2. The Kier molecular flexibility index (Phi) is 9.53. The van der Waals surface area contributed by atoms with E-state index < -0.39 is 0 Å². The molecule has 0 saturated carbocycles. The van der Waals surface area contributed by atoms with Gasteiger partial charge in [-0.3, -0.25) is 4.79 Å². The Morgan fingerprint density at radius 3 is 2.62 bits per heavy atom. The van der Waals surface area contributed by atoms with Gasteiger partial charge in [0.05, 0.1) is 26.7 Å². The van der Waals surface area contributed by atoms with Gasteiger partial charge in [-0.05, 0) is 25.8 Å². The van der Waals surface area contributed by atoms with Crippen LogP contribution in [0, 0.1) is 5.92 Å². The Hall–Kier alpha value is -1.71. The van der Waals surface area contributed by atoms with Gasteiger partial charge in [0.25, 0.3) is 0 Å². The third-order valence-corrected chi connectivity index (χ3v) is 4.37. The van der Waals surface area contributed by atoms with Crippen LogP contribution >= 0.6 is 24.0 Å². The third-order valence-electron chi connectivity index (χ3n) is 4.37. The number of piperidine rings is 1. The summed E-state index contributed by atoms with van der Waals surface area (Å²) in [5.41, 5.74) is 0.708. The molecule has 1 aromatic rings. The molecule has 0 radical (unpaired) electrons. The quantitative estimate of drug-likeness (QED) is 0.293. The highest BCUT2D eigenvalue weighted by atomic mass is 127. The molecule has 2 N–H and O–H groups in total. The van der Waals surface area contributed by atoms with Crippen molar-refractivity contribution in [2.24, 2.45) is 10.9 Å². The van der Waals surface area contributed by atoms with E-state index in [0.29, 0.717) is 17.9 Å². The smallest absolute Gasteiger partial charge is 0.308 e.